The van der Waals surface area contributed by atoms with Crippen LogP contribution in [-0.4, -0.2) is 57.9 Å². The molecule has 5 N–H and O–H groups in total. The minimum atomic E-state index is -0.512. The molecule has 10 nitrogen and oxygen atoms in total. The number of benzene rings is 2. The number of rotatable bonds is 5. The Morgan fingerprint density at radius 3 is 2.59 bits per heavy atom. The van der Waals surface area contributed by atoms with Crippen molar-refractivity contribution in [2.75, 3.05) is 41.7 Å². The van der Waals surface area contributed by atoms with Crippen LogP contribution in [0.1, 0.15) is 26.5 Å². The third-order valence-electron chi connectivity index (χ3n) is 5.64. The van der Waals surface area contributed by atoms with E-state index >= 15 is 0 Å². The molecule has 176 valence electrons. The van der Waals surface area contributed by atoms with Gasteiger partial charge in [0.15, 0.2) is 5.69 Å². The lowest BCUT2D eigenvalue weighted by Crippen LogP contribution is -2.43. The van der Waals surface area contributed by atoms with Crippen molar-refractivity contribution in [2.45, 2.75) is 6.92 Å². The smallest absolute Gasteiger partial charge is 0.276 e. The number of aromatic nitrogens is 4. The number of amides is 2. The SMILES string of the molecule is Cc1cc(N2CCNCC2)ccc1NC(=O)c1nc[nH]c1C(=O)Nc1nc2ccccc2[nH]1.Cl. The number of fused-ring (bicyclic) bond motifs is 1. The molecule has 0 atom stereocenters. The van der Waals surface area contributed by atoms with Gasteiger partial charge in [0.25, 0.3) is 11.8 Å². The number of imidazole rings is 2. The molecular formula is C23H25ClN8O2. The van der Waals surface area contributed by atoms with Crippen molar-refractivity contribution in [1.29, 1.82) is 0 Å². The largest absolute Gasteiger partial charge is 0.369 e. The van der Waals surface area contributed by atoms with Gasteiger partial charge in [0.2, 0.25) is 5.95 Å². The van der Waals surface area contributed by atoms with Crippen molar-refractivity contribution in [2.24, 2.45) is 0 Å². The highest BCUT2D eigenvalue weighted by atomic mass is 35.5. The number of piperazine rings is 1. The van der Waals surface area contributed by atoms with Gasteiger partial charge in [-0.1, -0.05) is 12.1 Å². The summed E-state index contributed by atoms with van der Waals surface area (Å²) in [7, 11) is 0. The summed E-state index contributed by atoms with van der Waals surface area (Å²) in [4.78, 5) is 42.2. The molecule has 4 aromatic rings. The molecule has 2 amide bonds. The van der Waals surface area contributed by atoms with Crippen molar-refractivity contribution in [3.05, 3.63) is 65.7 Å². The Kier molecular flexibility index (Phi) is 6.80. The summed E-state index contributed by atoms with van der Waals surface area (Å²) < 4.78 is 0. The van der Waals surface area contributed by atoms with E-state index in [4.69, 9.17) is 0 Å². The number of anilines is 3. The zero-order chi connectivity index (χ0) is 22.8. The van der Waals surface area contributed by atoms with Crippen LogP contribution >= 0.6 is 12.4 Å². The Labute approximate surface area is 202 Å². The molecule has 3 heterocycles. The Balaban J connectivity index is 0.00000274. The minimum Gasteiger partial charge on any atom is -0.369 e. The number of aryl methyl sites for hydroxylation is 1. The number of para-hydroxylation sites is 2. The van der Waals surface area contributed by atoms with Crippen LogP contribution in [0.2, 0.25) is 0 Å². The molecule has 0 aliphatic carbocycles. The lowest BCUT2D eigenvalue weighted by atomic mass is 10.1. The molecule has 0 radical (unpaired) electrons. The monoisotopic (exact) mass is 480 g/mol. The van der Waals surface area contributed by atoms with E-state index in [9.17, 15) is 9.59 Å². The average molecular weight is 481 g/mol. The molecule has 34 heavy (non-hydrogen) atoms. The molecule has 0 saturated carbocycles. The van der Waals surface area contributed by atoms with Crippen LogP contribution in [0.25, 0.3) is 11.0 Å². The summed E-state index contributed by atoms with van der Waals surface area (Å²) in [5, 5.41) is 8.89. The molecule has 5 rings (SSSR count). The molecule has 1 aliphatic rings. The van der Waals surface area contributed by atoms with Gasteiger partial charge in [-0.2, -0.15) is 0 Å². The normalized spacial score (nSPS) is 13.4. The van der Waals surface area contributed by atoms with Crippen LogP contribution in [0.15, 0.2) is 48.8 Å². The lowest BCUT2D eigenvalue weighted by molar-refractivity contribution is 0.0985. The van der Waals surface area contributed by atoms with Crippen LogP contribution < -0.4 is 20.9 Å². The van der Waals surface area contributed by atoms with E-state index < -0.39 is 11.8 Å². The van der Waals surface area contributed by atoms with Crippen LogP contribution in [0, 0.1) is 6.92 Å². The first-order chi connectivity index (χ1) is 16.1. The number of carbonyl (C=O) groups excluding carboxylic acids is 2. The van der Waals surface area contributed by atoms with E-state index in [0.717, 1.165) is 48.5 Å². The number of nitrogens with one attached hydrogen (secondary N) is 5. The Morgan fingerprint density at radius 2 is 1.82 bits per heavy atom. The number of aromatic amines is 2. The molecule has 1 saturated heterocycles. The summed E-state index contributed by atoms with van der Waals surface area (Å²) in [5.74, 6) is -0.687. The molecule has 1 aliphatic heterocycles. The number of H-pyrrole nitrogens is 2. The Bertz CT molecular complexity index is 1290. The third-order valence-corrected chi connectivity index (χ3v) is 5.64. The summed E-state index contributed by atoms with van der Waals surface area (Å²) >= 11 is 0. The van der Waals surface area contributed by atoms with Crippen LogP contribution in [-0.2, 0) is 0 Å². The molecule has 2 aromatic heterocycles. The zero-order valence-corrected chi connectivity index (χ0v) is 19.3. The second kappa shape index (κ2) is 9.94. The number of carbonyl (C=O) groups is 2. The number of hydrogen-bond donors (Lipinski definition) is 5. The maximum Gasteiger partial charge on any atom is 0.276 e. The van der Waals surface area contributed by atoms with E-state index in [0.29, 0.717) is 11.6 Å². The summed E-state index contributed by atoms with van der Waals surface area (Å²) in [6, 6.07) is 13.4. The molecule has 0 bridgehead atoms. The van der Waals surface area contributed by atoms with Crippen LogP contribution in [0.5, 0.6) is 0 Å². The average Bonchev–Trinajstić information content (AvgIpc) is 3.48. The molecule has 2 aromatic carbocycles. The second-order valence-electron chi connectivity index (χ2n) is 7.87. The van der Waals surface area contributed by atoms with Gasteiger partial charge >= 0.3 is 0 Å². The molecule has 0 spiro atoms. The van der Waals surface area contributed by atoms with Gasteiger partial charge in [-0.3, -0.25) is 14.9 Å². The Morgan fingerprint density at radius 1 is 1.03 bits per heavy atom. The molecule has 1 fully saturated rings. The van der Waals surface area contributed by atoms with Crippen LogP contribution in [0.4, 0.5) is 17.3 Å². The third kappa shape index (κ3) is 4.73. The van der Waals surface area contributed by atoms with E-state index in [1.54, 1.807) is 0 Å². The fourth-order valence-corrected chi connectivity index (χ4v) is 3.91. The standard InChI is InChI=1S/C23H24N8O2.ClH/c1-14-12-15(31-10-8-24-9-11-31)6-7-16(14)27-21(32)19-20(26-13-25-19)22(33)30-23-28-17-4-2-3-5-18(17)29-23;/h2-7,12-13,24H,8-11H2,1H3,(H,25,26)(H,27,32)(H2,28,29,30,33);1H. The summed E-state index contributed by atoms with van der Waals surface area (Å²) in [6.07, 6.45) is 1.32. The van der Waals surface area contributed by atoms with Crippen molar-refractivity contribution in [1.82, 2.24) is 25.3 Å². The topological polar surface area (TPSA) is 131 Å². The summed E-state index contributed by atoms with van der Waals surface area (Å²) in [6.45, 7) is 5.75. The first-order valence-electron chi connectivity index (χ1n) is 10.8. The molecule has 0 unspecified atom stereocenters. The maximum absolute atomic E-state index is 12.9. The van der Waals surface area contributed by atoms with Gasteiger partial charge in [-0.15, -0.1) is 12.4 Å². The minimum absolute atomic E-state index is 0. The maximum atomic E-state index is 12.9. The van der Waals surface area contributed by atoms with Gasteiger partial charge in [0.05, 0.1) is 17.4 Å². The van der Waals surface area contributed by atoms with Crippen molar-refractivity contribution < 1.29 is 9.59 Å². The quantitative estimate of drug-likeness (QED) is 0.298. The van der Waals surface area contributed by atoms with Gasteiger partial charge in [-0.25, -0.2) is 9.97 Å². The fraction of sp³-hybridized carbons (Fsp3) is 0.217. The number of nitrogens with zero attached hydrogens (tertiary/aromatic N) is 3. The predicted octanol–water partition coefficient (Wildman–Crippen LogP) is 2.93. The van der Waals surface area contributed by atoms with E-state index in [1.807, 2.05) is 43.3 Å². The van der Waals surface area contributed by atoms with Crippen molar-refractivity contribution in [3.63, 3.8) is 0 Å². The zero-order valence-electron chi connectivity index (χ0n) is 18.5. The highest BCUT2D eigenvalue weighted by Gasteiger charge is 2.22. The van der Waals surface area contributed by atoms with E-state index in [2.05, 4.69) is 46.9 Å². The predicted molar refractivity (Wildman–Crippen MR) is 134 cm³/mol. The first kappa shape index (κ1) is 23.3. The fourth-order valence-electron chi connectivity index (χ4n) is 3.91. The second-order valence-corrected chi connectivity index (χ2v) is 7.87. The molecular weight excluding hydrogens is 456 g/mol. The van der Waals surface area contributed by atoms with Gasteiger partial charge in [0, 0.05) is 37.6 Å². The highest BCUT2D eigenvalue weighted by molar-refractivity contribution is 6.13. The Hall–Kier alpha value is -3.89. The van der Waals surface area contributed by atoms with E-state index in [1.165, 1.54) is 6.33 Å². The number of halogens is 1. The van der Waals surface area contributed by atoms with Crippen molar-refractivity contribution >= 4 is 52.6 Å². The van der Waals surface area contributed by atoms with Crippen molar-refractivity contribution in [3.8, 4) is 0 Å². The number of hydrogen-bond acceptors (Lipinski definition) is 6. The van der Waals surface area contributed by atoms with Gasteiger partial charge < -0.3 is 25.5 Å². The summed E-state index contributed by atoms with van der Waals surface area (Å²) in [5.41, 5.74) is 4.33. The van der Waals surface area contributed by atoms with Crippen LogP contribution in [0.3, 0.4) is 0 Å². The lowest BCUT2D eigenvalue weighted by Gasteiger charge is -2.30. The van der Waals surface area contributed by atoms with Gasteiger partial charge in [0.1, 0.15) is 5.69 Å². The first-order valence-corrected chi connectivity index (χ1v) is 10.8. The molecule has 11 heteroatoms. The van der Waals surface area contributed by atoms with Gasteiger partial charge in [-0.05, 0) is 42.8 Å². The van der Waals surface area contributed by atoms with E-state index in [-0.39, 0.29) is 23.8 Å². The highest BCUT2D eigenvalue weighted by Crippen LogP contribution is 2.24.